The van der Waals surface area contributed by atoms with Crippen molar-refractivity contribution in [2.24, 2.45) is 0 Å². The molecule has 1 aliphatic rings. The SMILES string of the molecule is CCNc1ncc(CN2C(=O)C(C)Oc3ccccc32)s1. The van der Waals surface area contributed by atoms with Crippen molar-refractivity contribution in [2.75, 3.05) is 16.8 Å². The van der Waals surface area contributed by atoms with Gasteiger partial charge in [0, 0.05) is 17.6 Å². The van der Waals surface area contributed by atoms with Crippen LogP contribution in [0.5, 0.6) is 5.75 Å². The molecule has 5 nitrogen and oxygen atoms in total. The maximum atomic E-state index is 12.4. The second kappa shape index (κ2) is 5.73. The number of thiazole rings is 1. The highest BCUT2D eigenvalue weighted by molar-refractivity contribution is 7.15. The van der Waals surface area contributed by atoms with Crippen molar-refractivity contribution in [3.63, 3.8) is 0 Å². The molecule has 3 rings (SSSR count). The number of aromatic nitrogens is 1. The first-order valence-electron chi connectivity index (χ1n) is 6.94. The normalized spacial score (nSPS) is 17.3. The first-order chi connectivity index (χ1) is 10.2. The highest BCUT2D eigenvalue weighted by Crippen LogP contribution is 2.35. The lowest BCUT2D eigenvalue weighted by atomic mass is 10.2. The molecule has 1 amide bonds. The quantitative estimate of drug-likeness (QED) is 0.943. The van der Waals surface area contributed by atoms with Crippen molar-refractivity contribution in [3.05, 3.63) is 35.3 Å². The van der Waals surface area contributed by atoms with Gasteiger partial charge in [0.1, 0.15) is 5.75 Å². The average molecular weight is 303 g/mol. The van der Waals surface area contributed by atoms with E-state index in [-0.39, 0.29) is 5.91 Å². The van der Waals surface area contributed by atoms with E-state index in [2.05, 4.69) is 10.3 Å². The summed E-state index contributed by atoms with van der Waals surface area (Å²) in [5.74, 6) is 0.730. The second-order valence-corrected chi connectivity index (χ2v) is 5.93. The summed E-state index contributed by atoms with van der Waals surface area (Å²) in [6.07, 6.45) is 1.36. The maximum absolute atomic E-state index is 12.4. The van der Waals surface area contributed by atoms with Crippen molar-refractivity contribution in [3.8, 4) is 5.75 Å². The Balaban J connectivity index is 1.87. The van der Waals surface area contributed by atoms with Gasteiger partial charge in [-0.05, 0) is 26.0 Å². The smallest absolute Gasteiger partial charge is 0.268 e. The van der Waals surface area contributed by atoms with Gasteiger partial charge in [0.25, 0.3) is 5.91 Å². The molecule has 0 saturated carbocycles. The van der Waals surface area contributed by atoms with Crippen LogP contribution in [0.25, 0.3) is 0 Å². The molecule has 0 fully saturated rings. The van der Waals surface area contributed by atoms with Crippen LogP contribution in [0.2, 0.25) is 0 Å². The topological polar surface area (TPSA) is 54.5 Å². The predicted molar refractivity (Wildman–Crippen MR) is 84.0 cm³/mol. The Labute approximate surface area is 127 Å². The summed E-state index contributed by atoms with van der Waals surface area (Å²) < 4.78 is 5.64. The Morgan fingerprint density at radius 1 is 1.43 bits per heavy atom. The molecule has 1 atom stereocenters. The summed E-state index contributed by atoms with van der Waals surface area (Å²) in [7, 11) is 0. The standard InChI is InChI=1S/C15H17N3O2S/c1-3-16-15-17-8-11(21-15)9-18-12-6-4-5-7-13(12)20-10(2)14(18)19/h4-8,10H,3,9H2,1-2H3,(H,16,17). The van der Waals surface area contributed by atoms with Crippen LogP contribution in [-0.4, -0.2) is 23.5 Å². The zero-order valence-electron chi connectivity index (χ0n) is 12.0. The molecule has 0 bridgehead atoms. The number of carbonyl (C=O) groups is 1. The van der Waals surface area contributed by atoms with Gasteiger partial charge in [0.15, 0.2) is 11.2 Å². The number of anilines is 2. The lowest BCUT2D eigenvalue weighted by Gasteiger charge is -2.32. The van der Waals surface area contributed by atoms with Gasteiger partial charge in [0.05, 0.1) is 12.2 Å². The molecule has 6 heteroatoms. The van der Waals surface area contributed by atoms with Crippen molar-refractivity contribution < 1.29 is 9.53 Å². The Morgan fingerprint density at radius 3 is 3.05 bits per heavy atom. The molecule has 2 aromatic rings. The fourth-order valence-electron chi connectivity index (χ4n) is 2.29. The minimum Gasteiger partial charge on any atom is -0.479 e. The van der Waals surface area contributed by atoms with Gasteiger partial charge in [-0.25, -0.2) is 4.98 Å². The zero-order chi connectivity index (χ0) is 14.8. The van der Waals surface area contributed by atoms with Gasteiger partial charge >= 0.3 is 0 Å². The van der Waals surface area contributed by atoms with E-state index in [4.69, 9.17) is 4.74 Å². The van der Waals surface area contributed by atoms with Crippen LogP contribution in [0, 0.1) is 0 Å². The molecule has 1 N–H and O–H groups in total. The summed E-state index contributed by atoms with van der Waals surface area (Å²) in [4.78, 5) is 19.5. The Kier molecular flexibility index (Phi) is 3.79. The molecule has 0 saturated heterocycles. The molecule has 0 radical (unpaired) electrons. The first-order valence-corrected chi connectivity index (χ1v) is 7.76. The molecule has 0 aliphatic carbocycles. The number of amides is 1. The molecule has 1 unspecified atom stereocenters. The minimum atomic E-state index is -0.457. The van der Waals surface area contributed by atoms with Gasteiger partial charge in [-0.3, -0.25) is 4.79 Å². The average Bonchev–Trinajstić information content (AvgIpc) is 2.92. The Morgan fingerprint density at radius 2 is 2.24 bits per heavy atom. The number of rotatable bonds is 4. The molecule has 0 spiro atoms. The van der Waals surface area contributed by atoms with E-state index < -0.39 is 6.10 Å². The molecule has 2 heterocycles. The molecule has 21 heavy (non-hydrogen) atoms. The van der Waals surface area contributed by atoms with Crippen LogP contribution in [0.3, 0.4) is 0 Å². The molecule has 1 aromatic carbocycles. The summed E-state index contributed by atoms with van der Waals surface area (Å²) in [6, 6.07) is 7.62. The zero-order valence-corrected chi connectivity index (χ0v) is 12.8. The van der Waals surface area contributed by atoms with E-state index in [9.17, 15) is 4.79 Å². The van der Waals surface area contributed by atoms with E-state index >= 15 is 0 Å². The van der Waals surface area contributed by atoms with Crippen molar-refractivity contribution >= 4 is 28.1 Å². The molecule has 110 valence electrons. The van der Waals surface area contributed by atoms with Crippen LogP contribution in [0.1, 0.15) is 18.7 Å². The van der Waals surface area contributed by atoms with Gasteiger partial charge in [-0.2, -0.15) is 0 Å². The second-order valence-electron chi connectivity index (χ2n) is 4.81. The van der Waals surface area contributed by atoms with E-state index in [0.717, 1.165) is 28.0 Å². The van der Waals surface area contributed by atoms with E-state index in [1.54, 1.807) is 23.2 Å². The number of nitrogens with one attached hydrogen (secondary N) is 1. The highest BCUT2D eigenvalue weighted by Gasteiger charge is 2.31. The monoisotopic (exact) mass is 303 g/mol. The fraction of sp³-hybridized carbons (Fsp3) is 0.333. The number of nitrogens with zero attached hydrogens (tertiary/aromatic N) is 2. The van der Waals surface area contributed by atoms with E-state index in [0.29, 0.717) is 6.54 Å². The number of para-hydroxylation sites is 2. The largest absolute Gasteiger partial charge is 0.479 e. The predicted octanol–water partition coefficient (Wildman–Crippen LogP) is 2.89. The maximum Gasteiger partial charge on any atom is 0.268 e. The van der Waals surface area contributed by atoms with E-state index in [1.807, 2.05) is 37.4 Å². The van der Waals surface area contributed by atoms with Gasteiger partial charge in [-0.15, -0.1) is 11.3 Å². The van der Waals surface area contributed by atoms with Crippen molar-refractivity contribution in [1.82, 2.24) is 4.98 Å². The summed E-state index contributed by atoms with van der Waals surface area (Å²) in [5, 5.41) is 4.07. The highest BCUT2D eigenvalue weighted by atomic mass is 32.1. The third-order valence-electron chi connectivity index (χ3n) is 3.27. The number of fused-ring (bicyclic) bond motifs is 1. The number of carbonyl (C=O) groups excluding carboxylic acids is 1. The number of ether oxygens (including phenoxy) is 1. The lowest BCUT2D eigenvalue weighted by Crippen LogP contribution is -2.43. The summed E-state index contributed by atoms with van der Waals surface area (Å²) in [6.45, 7) is 5.17. The van der Waals surface area contributed by atoms with Crippen LogP contribution >= 0.6 is 11.3 Å². The first kappa shape index (κ1) is 13.9. The molecular weight excluding hydrogens is 286 g/mol. The molecule has 1 aromatic heterocycles. The third kappa shape index (κ3) is 2.71. The van der Waals surface area contributed by atoms with Crippen molar-refractivity contribution in [2.45, 2.75) is 26.5 Å². The minimum absolute atomic E-state index is 0.0212. The van der Waals surface area contributed by atoms with E-state index in [1.165, 1.54) is 0 Å². The van der Waals surface area contributed by atoms with Crippen molar-refractivity contribution in [1.29, 1.82) is 0 Å². The van der Waals surface area contributed by atoms with Crippen LogP contribution in [0.4, 0.5) is 10.8 Å². The van der Waals surface area contributed by atoms with Gasteiger partial charge in [0.2, 0.25) is 0 Å². The fourth-order valence-corrected chi connectivity index (χ4v) is 3.16. The number of benzene rings is 1. The van der Waals surface area contributed by atoms with Gasteiger partial charge in [-0.1, -0.05) is 12.1 Å². The van der Waals surface area contributed by atoms with Crippen LogP contribution in [0.15, 0.2) is 30.5 Å². The number of hydrogen-bond donors (Lipinski definition) is 1. The van der Waals surface area contributed by atoms with Gasteiger partial charge < -0.3 is 15.0 Å². The Hall–Kier alpha value is -2.08. The third-order valence-corrected chi connectivity index (χ3v) is 4.21. The number of hydrogen-bond acceptors (Lipinski definition) is 5. The summed E-state index contributed by atoms with van der Waals surface area (Å²) in [5.41, 5.74) is 0.819. The van der Waals surface area contributed by atoms with Crippen LogP contribution < -0.4 is 15.0 Å². The van der Waals surface area contributed by atoms with Crippen LogP contribution in [-0.2, 0) is 11.3 Å². The summed E-state index contributed by atoms with van der Waals surface area (Å²) >= 11 is 1.57. The molecular formula is C15H17N3O2S. The molecule has 1 aliphatic heterocycles. The Bertz CT molecular complexity index is 656. The lowest BCUT2D eigenvalue weighted by molar-refractivity contribution is -0.125.